The Balaban J connectivity index is 2.92. The van der Waals surface area contributed by atoms with Crippen LogP contribution in [-0.4, -0.2) is 6.54 Å². The summed E-state index contributed by atoms with van der Waals surface area (Å²) in [6.45, 7) is 6.87. The summed E-state index contributed by atoms with van der Waals surface area (Å²) in [6.07, 6.45) is 16.7. The lowest BCUT2D eigenvalue weighted by atomic mass is 10.1. The first-order valence-corrected chi connectivity index (χ1v) is 7.95. The molecule has 0 rings (SSSR count). The van der Waals surface area contributed by atoms with E-state index in [1.54, 1.807) is 0 Å². The van der Waals surface area contributed by atoms with Crippen molar-refractivity contribution >= 4 is 0 Å². The number of nitrogens with two attached hydrogens (primary N) is 1. The third-order valence-electron chi connectivity index (χ3n) is 3.38. The zero-order chi connectivity index (χ0) is 13.5. The van der Waals surface area contributed by atoms with Crippen LogP contribution in [0.5, 0.6) is 0 Å². The van der Waals surface area contributed by atoms with Crippen LogP contribution in [0.2, 0.25) is 0 Å². The lowest BCUT2D eigenvalue weighted by Crippen LogP contribution is -2.19. The van der Waals surface area contributed by atoms with Gasteiger partial charge in [0.25, 0.3) is 0 Å². The highest BCUT2D eigenvalue weighted by molar-refractivity contribution is 4.81. The van der Waals surface area contributed by atoms with E-state index in [0.29, 0.717) is 5.82 Å². The molecule has 0 saturated heterocycles. The number of hydrogen-bond acceptors (Lipinski definition) is 2. The highest BCUT2D eigenvalue weighted by atomic mass is 15.0. The molecule has 3 N–H and O–H groups in total. The Kier molecular flexibility index (Phi) is 13.9. The SMILES string of the molecule is C=C(N)NCCCCCCCCCCCCCC. The molecule has 2 nitrogen and oxygen atoms in total. The number of rotatable bonds is 14. The summed E-state index contributed by atoms with van der Waals surface area (Å²) in [5.41, 5.74) is 5.43. The minimum Gasteiger partial charge on any atom is -0.386 e. The van der Waals surface area contributed by atoms with Crippen molar-refractivity contribution in [2.24, 2.45) is 5.73 Å². The Morgan fingerprint density at radius 3 is 1.56 bits per heavy atom. The van der Waals surface area contributed by atoms with Crippen LogP contribution in [0.3, 0.4) is 0 Å². The van der Waals surface area contributed by atoms with Crippen molar-refractivity contribution in [3.8, 4) is 0 Å². The Morgan fingerprint density at radius 2 is 1.17 bits per heavy atom. The lowest BCUT2D eigenvalue weighted by Gasteiger charge is -2.05. The Morgan fingerprint density at radius 1 is 0.778 bits per heavy atom. The van der Waals surface area contributed by atoms with Gasteiger partial charge in [0, 0.05) is 6.54 Å². The average Bonchev–Trinajstić information content (AvgIpc) is 2.34. The minimum atomic E-state index is 0.595. The second-order valence-corrected chi connectivity index (χ2v) is 5.34. The molecule has 0 atom stereocenters. The molecule has 0 heterocycles. The fourth-order valence-corrected chi connectivity index (χ4v) is 2.21. The number of nitrogens with one attached hydrogen (secondary N) is 1. The molecule has 0 fully saturated rings. The summed E-state index contributed by atoms with van der Waals surface area (Å²) in [5.74, 6) is 0.595. The van der Waals surface area contributed by atoms with Crippen molar-refractivity contribution in [2.75, 3.05) is 6.54 Å². The first-order valence-electron chi connectivity index (χ1n) is 7.95. The van der Waals surface area contributed by atoms with Crippen molar-refractivity contribution in [2.45, 2.75) is 84.0 Å². The largest absolute Gasteiger partial charge is 0.386 e. The van der Waals surface area contributed by atoms with Gasteiger partial charge in [0.1, 0.15) is 0 Å². The van der Waals surface area contributed by atoms with Crippen LogP contribution in [0.25, 0.3) is 0 Å². The summed E-state index contributed by atoms with van der Waals surface area (Å²) in [6, 6.07) is 0. The molecule has 2 heteroatoms. The van der Waals surface area contributed by atoms with Gasteiger partial charge in [0.15, 0.2) is 0 Å². The minimum absolute atomic E-state index is 0.595. The van der Waals surface area contributed by atoms with E-state index in [1.165, 1.54) is 77.0 Å². The Bertz CT molecular complexity index is 178. The van der Waals surface area contributed by atoms with Gasteiger partial charge in [0.2, 0.25) is 0 Å². The van der Waals surface area contributed by atoms with Gasteiger partial charge in [-0.25, -0.2) is 0 Å². The van der Waals surface area contributed by atoms with Crippen LogP contribution in [0.15, 0.2) is 12.4 Å². The first kappa shape index (κ1) is 17.3. The summed E-state index contributed by atoms with van der Waals surface area (Å²) < 4.78 is 0. The quantitative estimate of drug-likeness (QED) is 0.441. The fraction of sp³-hybridized carbons (Fsp3) is 0.875. The summed E-state index contributed by atoms with van der Waals surface area (Å²) >= 11 is 0. The van der Waals surface area contributed by atoms with Gasteiger partial charge in [-0.15, -0.1) is 0 Å². The molecular weight excluding hydrogens is 220 g/mol. The van der Waals surface area contributed by atoms with Crippen molar-refractivity contribution < 1.29 is 0 Å². The van der Waals surface area contributed by atoms with E-state index in [4.69, 9.17) is 5.73 Å². The molecule has 0 unspecified atom stereocenters. The van der Waals surface area contributed by atoms with Crippen molar-refractivity contribution in [3.63, 3.8) is 0 Å². The van der Waals surface area contributed by atoms with Crippen molar-refractivity contribution in [1.82, 2.24) is 5.32 Å². The topological polar surface area (TPSA) is 38.0 Å². The molecule has 0 aromatic carbocycles. The second kappa shape index (κ2) is 14.4. The molecule has 0 spiro atoms. The molecule has 18 heavy (non-hydrogen) atoms. The maximum Gasteiger partial charge on any atom is 0.0885 e. The van der Waals surface area contributed by atoms with Crippen molar-refractivity contribution in [3.05, 3.63) is 12.4 Å². The van der Waals surface area contributed by atoms with E-state index in [0.717, 1.165) is 6.54 Å². The fourth-order valence-electron chi connectivity index (χ4n) is 2.21. The number of hydrogen-bond donors (Lipinski definition) is 2. The van der Waals surface area contributed by atoms with Crippen LogP contribution in [0, 0.1) is 0 Å². The van der Waals surface area contributed by atoms with E-state index >= 15 is 0 Å². The number of unbranched alkanes of at least 4 members (excludes halogenated alkanes) is 11. The molecule has 0 saturated carbocycles. The van der Waals surface area contributed by atoms with Gasteiger partial charge >= 0.3 is 0 Å². The molecular formula is C16H34N2. The summed E-state index contributed by atoms with van der Waals surface area (Å²) in [7, 11) is 0. The smallest absolute Gasteiger partial charge is 0.0885 e. The maximum atomic E-state index is 5.43. The van der Waals surface area contributed by atoms with Crippen LogP contribution < -0.4 is 11.1 Å². The predicted molar refractivity (Wildman–Crippen MR) is 82.4 cm³/mol. The Hall–Kier alpha value is -0.660. The van der Waals surface area contributed by atoms with E-state index in [9.17, 15) is 0 Å². The average molecular weight is 254 g/mol. The monoisotopic (exact) mass is 254 g/mol. The van der Waals surface area contributed by atoms with Gasteiger partial charge in [-0.1, -0.05) is 84.1 Å². The highest BCUT2D eigenvalue weighted by Crippen LogP contribution is 2.11. The molecule has 0 aromatic heterocycles. The van der Waals surface area contributed by atoms with E-state index < -0.39 is 0 Å². The zero-order valence-corrected chi connectivity index (χ0v) is 12.5. The van der Waals surface area contributed by atoms with Crippen LogP contribution >= 0.6 is 0 Å². The maximum absolute atomic E-state index is 5.43. The second-order valence-electron chi connectivity index (χ2n) is 5.34. The van der Waals surface area contributed by atoms with Gasteiger partial charge in [-0.2, -0.15) is 0 Å². The van der Waals surface area contributed by atoms with E-state index in [2.05, 4.69) is 18.8 Å². The Labute approximate surface area is 114 Å². The predicted octanol–water partition coefficient (Wildman–Crippen LogP) is 4.71. The standard InChI is InChI=1S/C16H34N2/c1-3-4-5-6-7-8-9-10-11-12-13-14-15-18-16(2)17/h18H,2-15,17H2,1H3. The van der Waals surface area contributed by atoms with Crippen LogP contribution in [0.4, 0.5) is 0 Å². The molecule has 108 valence electrons. The van der Waals surface area contributed by atoms with Gasteiger partial charge in [-0.3, -0.25) is 0 Å². The molecule has 0 aliphatic carbocycles. The van der Waals surface area contributed by atoms with Crippen molar-refractivity contribution in [1.29, 1.82) is 0 Å². The van der Waals surface area contributed by atoms with E-state index in [1.807, 2.05) is 0 Å². The zero-order valence-electron chi connectivity index (χ0n) is 12.5. The van der Waals surface area contributed by atoms with Gasteiger partial charge < -0.3 is 11.1 Å². The lowest BCUT2D eigenvalue weighted by molar-refractivity contribution is 0.541. The molecule has 0 aliphatic heterocycles. The molecule has 0 aromatic rings. The molecule has 0 aliphatic rings. The third-order valence-corrected chi connectivity index (χ3v) is 3.38. The third kappa shape index (κ3) is 15.3. The molecule has 0 bridgehead atoms. The highest BCUT2D eigenvalue weighted by Gasteiger charge is 1.93. The van der Waals surface area contributed by atoms with Gasteiger partial charge in [0.05, 0.1) is 5.82 Å². The summed E-state index contributed by atoms with van der Waals surface area (Å²) in [5, 5.41) is 3.06. The van der Waals surface area contributed by atoms with Crippen LogP contribution in [0.1, 0.15) is 84.0 Å². The normalized spacial score (nSPS) is 10.5. The van der Waals surface area contributed by atoms with Gasteiger partial charge in [-0.05, 0) is 6.42 Å². The molecule has 0 amide bonds. The van der Waals surface area contributed by atoms with Crippen LogP contribution in [-0.2, 0) is 0 Å². The first-order chi connectivity index (χ1) is 8.77. The molecule has 0 radical (unpaired) electrons. The summed E-state index contributed by atoms with van der Waals surface area (Å²) in [4.78, 5) is 0. The van der Waals surface area contributed by atoms with E-state index in [-0.39, 0.29) is 0 Å².